The molecule has 100 valence electrons. The van der Waals surface area contributed by atoms with E-state index in [2.05, 4.69) is 46.5 Å². The lowest BCUT2D eigenvalue weighted by Gasteiger charge is -2.17. The van der Waals surface area contributed by atoms with E-state index in [0.29, 0.717) is 0 Å². The van der Waals surface area contributed by atoms with E-state index in [1.165, 1.54) is 23.8 Å². The molecule has 0 unspecified atom stereocenters. The van der Waals surface area contributed by atoms with E-state index < -0.39 is 0 Å². The molecular weight excluding hydrogens is 234 g/mol. The summed E-state index contributed by atoms with van der Waals surface area (Å²) in [5, 5.41) is 4.78. The number of fused-ring (bicyclic) bond motifs is 1. The van der Waals surface area contributed by atoms with Crippen LogP contribution in [0.5, 0.6) is 0 Å². The molecule has 0 radical (unpaired) electrons. The summed E-state index contributed by atoms with van der Waals surface area (Å²) in [6.45, 7) is 3.19. The first-order valence-electron chi connectivity index (χ1n) is 7.07. The first kappa shape index (κ1) is 12.6. The Morgan fingerprint density at radius 2 is 2.21 bits per heavy atom. The van der Waals surface area contributed by atoms with Crippen molar-refractivity contribution in [1.82, 2.24) is 15.2 Å². The summed E-state index contributed by atoms with van der Waals surface area (Å²) in [6, 6.07) is 11.5. The molecule has 1 heterocycles. The van der Waals surface area contributed by atoms with Gasteiger partial charge < -0.3 is 10.2 Å². The minimum atomic E-state index is 0.806. The first-order valence-corrected chi connectivity index (χ1v) is 7.07. The van der Waals surface area contributed by atoms with Gasteiger partial charge in [0.1, 0.15) is 0 Å². The average molecular weight is 255 g/mol. The van der Waals surface area contributed by atoms with E-state index in [-0.39, 0.29) is 0 Å². The highest BCUT2D eigenvalue weighted by atomic mass is 15.1. The Balaban J connectivity index is 1.57. The monoisotopic (exact) mass is 255 g/mol. The third-order valence-electron chi connectivity index (χ3n) is 3.62. The van der Waals surface area contributed by atoms with Gasteiger partial charge in [-0.25, -0.2) is 0 Å². The van der Waals surface area contributed by atoms with E-state index in [4.69, 9.17) is 0 Å². The van der Waals surface area contributed by atoms with Crippen LogP contribution in [0.3, 0.4) is 0 Å². The van der Waals surface area contributed by atoms with Crippen molar-refractivity contribution in [1.29, 1.82) is 0 Å². The van der Waals surface area contributed by atoms with E-state index >= 15 is 0 Å². The maximum atomic E-state index is 4.35. The van der Waals surface area contributed by atoms with Crippen LogP contribution in [0, 0.1) is 0 Å². The van der Waals surface area contributed by atoms with Gasteiger partial charge in [0.2, 0.25) is 0 Å². The summed E-state index contributed by atoms with van der Waals surface area (Å²) in [5.74, 6) is 0. The Hall–Kier alpha value is -1.45. The van der Waals surface area contributed by atoms with Gasteiger partial charge in [0.15, 0.2) is 0 Å². The number of likely N-dealkylation sites (N-methyl/N-ethyl adjacent to an activating group) is 1. The van der Waals surface area contributed by atoms with Gasteiger partial charge in [0.05, 0.1) is 5.52 Å². The molecule has 3 heteroatoms. The van der Waals surface area contributed by atoms with Crippen molar-refractivity contribution in [2.75, 3.05) is 20.1 Å². The van der Waals surface area contributed by atoms with Crippen LogP contribution in [0.25, 0.3) is 10.9 Å². The van der Waals surface area contributed by atoms with Crippen LogP contribution in [0.15, 0.2) is 36.5 Å². The Morgan fingerprint density at radius 3 is 3.05 bits per heavy atom. The quantitative estimate of drug-likeness (QED) is 0.859. The maximum absolute atomic E-state index is 4.35. The van der Waals surface area contributed by atoms with Gasteiger partial charge in [-0.1, -0.05) is 12.1 Å². The molecule has 1 saturated carbocycles. The molecule has 1 aromatic heterocycles. The highest BCUT2D eigenvalue weighted by molar-refractivity contribution is 5.78. The molecule has 0 amide bonds. The fraction of sp³-hybridized carbons (Fsp3) is 0.438. The summed E-state index contributed by atoms with van der Waals surface area (Å²) in [7, 11) is 2.18. The number of pyridine rings is 1. The van der Waals surface area contributed by atoms with Crippen molar-refractivity contribution in [3.63, 3.8) is 0 Å². The molecule has 0 bridgehead atoms. The SMILES string of the molecule is CN(CCNC1CC1)Cc1ccc2ncccc2c1. The minimum absolute atomic E-state index is 0.806. The normalized spacial score (nSPS) is 15.3. The summed E-state index contributed by atoms with van der Waals surface area (Å²) in [4.78, 5) is 6.72. The van der Waals surface area contributed by atoms with E-state index in [1.54, 1.807) is 0 Å². The van der Waals surface area contributed by atoms with Crippen molar-refractivity contribution in [2.45, 2.75) is 25.4 Å². The van der Waals surface area contributed by atoms with Gasteiger partial charge in [-0.05, 0) is 43.7 Å². The second-order valence-electron chi connectivity index (χ2n) is 5.50. The Bertz CT molecular complexity index is 548. The number of rotatable bonds is 6. The molecule has 2 aromatic rings. The predicted molar refractivity (Wildman–Crippen MR) is 79.1 cm³/mol. The molecule has 1 N–H and O–H groups in total. The van der Waals surface area contributed by atoms with Crippen molar-refractivity contribution >= 4 is 10.9 Å². The molecule has 1 aliphatic carbocycles. The van der Waals surface area contributed by atoms with Crippen LogP contribution in [0.4, 0.5) is 0 Å². The second kappa shape index (κ2) is 5.68. The van der Waals surface area contributed by atoms with Gasteiger partial charge in [-0.2, -0.15) is 0 Å². The highest BCUT2D eigenvalue weighted by Gasteiger charge is 2.19. The van der Waals surface area contributed by atoms with Crippen LogP contribution >= 0.6 is 0 Å². The zero-order valence-electron chi connectivity index (χ0n) is 11.5. The lowest BCUT2D eigenvalue weighted by molar-refractivity contribution is 0.324. The molecule has 1 aromatic carbocycles. The Labute approximate surface area is 114 Å². The first-order chi connectivity index (χ1) is 9.31. The largest absolute Gasteiger partial charge is 0.313 e. The topological polar surface area (TPSA) is 28.2 Å². The van der Waals surface area contributed by atoms with E-state index in [9.17, 15) is 0 Å². The van der Waals surface area contributed by atoms with Crippen molar-refractivity contribution in [3.8, 4) is 0 Å². The van der Waals surface area contributed by atoms with Gasteiger partial charge >= 0.3 is 0 Å². The number of benzene rings is 1. The molecule has 0 atom stereocenters. The molecule has 1 aliphatic rings. The van der Waals surface area contributed by atoms with Crippen LogP contribution in [-0.2, 0) is 6.54 Å². The molecule has 0 saturated heterocycles. The molecule has 3 rings (SSSR count). The van der Waals surface area contributed by atoms with Gasteiger partial charge in [-0.3, -0.25) is 4.98 Å². The molecule has 3 nitrogen and oxygen atoms in total. The van der Waals surface area contributed by atoms with Crippen molar-refractivity contribution < 1.29 is 0 Å². The lowest BCUT2D eigenvalue weighted by Crippen LogP contribution is -2.30. The average Bonchev–Trinajstić information content (AvgIpc) is 3.23. The zero-order valence-corrected chi connectivity index (χ0v) is 11.5. The van der Waals surface area contributed by atoms with Gasteiger partial charge in [-0.15, -0.1) is 0 Å². The summed E-state index contributed by atoms with van der Waals surface area (Å²) < 4.78 is 0. The highest BCUT2D eigenvalue weighted by Crippen LogP contribution is 2.18. The number of aromatic nitrogens is 1. The van der Waals surface area contributed by atoms with Gasteiger partial charge in [0, 0.05) is 37.3 Å². The minimum Gasteiger partial charge on any atom is -0.313 e. The van der Waals surface area contributed by atoms with Crippen molar-refractivity contribution in [3.05, 3.63) is 42.1 Å². The van der Waals surface area contributed by atoms with Crippen LogP contribution in [0.2, 0.25) is 0 Å². The van der Waals surface area contributed by atoms with E-state index in [1.807, 2.05) is 12.3 Å². The van der Waals surface area contributed by atoms with Crippen LogP contribution in [0.1, 0.15) is 18.4 Å². The fourth-order valence-corrected chi connectivity index (χ4v) is 2.36. The lowest BCUT2D eigenvalue weighted by atomic mass is 10.1. The standard InChI is InChI=1S/C16H21N3/c1-19(10-9-17-15-5-6-15)12-13-4-7-16-14(11-13)3-2-8-18-16/h2-4,7-8,11,15,17H,5-6,9-10,12H2,1H3. The van der Waals surface area contributed by atoms with Crippen molar-refractivity contribution in [2.24, 2.45) is 0 Å². The maximum Gasteiger partial charge on any atom is 0.0702 e. The third kappa shape index (κ3) is 3.52. The summed E-state index contributed by atoms with van der Waals surface area (Å²) >= 11 is 0. The summed E-state index contributed by atoms with van der Waals surface area (Å²) in [6.07, 6.45) is 4.57. The number of hydrogen-bond donors (Lipinski definition) is 1. The molecule has 1 fully saturated rings. The Kier molecular flexibility index (Phi) is 3.76. The van der Waals surface area contributed by atoms with Crippen LogP contribution in [-0.4, -0.2) is 36.1 Å². The molecule has 0 spiro atoms. The van der Waals surface area contributed by atoms with Crippen LogP contribution < -0.4 is 5.32 Å². The third-order valence-corrected chi connectivity index (χ3v) is 3.62. The molecule has 0 aliphatic heterocycles. The number of nitrogens with one attached hydrogen (secondary N) is 1. The molecule has 19 heavy (non-hydrogen) atoms. The smallest absolute Gasteiger partial charge is 0.0702 e. The predicted octanol–water partition coefficient (Wildman–Crippen LogP) is 2.42. The number of nitrogens with zero attached hydrogens (tertiary/aromatic N) is 2. The van der Waals surface area contributed by atoms with E-state index in [0.717, 1.165) is 31.2 Å². The second-order valence-corrected chi connectivity index (χ2v) is 5.50. The number of hydrogen-bond acceptors (Lipinski definition) is 3. The van der Waals surface area contributed by atoms with Gasteiger partial charge in [0.25, 0.3) is 0 Å². The molecular formula is C16H21N3. The fourth-order valence-electron chi connectivity index (χ4n) is 2.36. The summed E-state index contributed by atoms with van der Waals surface area (Å²) in [5.41, 5.74) is 2.43. The zero-order chi connectivity index (χ0) is 13.1. The Morgan fingerprint density at radius 1 is 1.32 bits per heavy atom.